The van der Waals surface area contributed by atoms with Crippen molar-refractivity contribution in [3.63, 3.8) is 0 Å². The molecule has 1 heterocycles. The van der Waals surface area contributed by atoms with Gasteiger partial charge < -0.3 is 10.1 Å². The van der Waals surface area contributed by atoms with Crippen LogP contribution < -0.4 is 5.32 Å². The maximum absolute atomic E-state index is 11.2. The second kappa shape index (κ2) is 3.05. The predicted octanol–water partition coefficient (Wildman–Crippen LogP) is 0.690. The lowest BCUT2D eigenvalue weighted by atomic mass is 10.0. The molecule has 0 aromatic rings. The van der Waals surface area contributed by atoms with E-state index in [9.17, 15) is 4.79 Å². The van der Waals surface area contributed by atoms with Gasteiger partial charge in [-0.05, 0) is 25.2 Å². The number of hydrogen-bond acceptors (Lipinski definition) is 3. The first-order chi connectivity index (χ1) is 5.81. The van der Waals surface area contributed by atoms with Gasteiger partial charge in [0.25, 0.3) is 0 Å². The molecule has 0 aromatic carbocycles. The second-order valence-corrected chi connectivity index (χ2v) is 3.78. The molecule has 0 amide bonds. The molecule has 2 aliphatic rings. The van der Waals surface area contributed by atoms with Crippen molar-refractivity contribution < 1.29 is 9.53 Å². The summed E-state index contributed by atoms with van der Waals surface area (Å²) in [7, 11) is 1.46. The van der Waals surface area contributed by atoms with Crippen LogP contribution in [0.3, 0.4) is 0 Å². The van der Waals surface area contributed by atoms with E-state index < -0.39 is 0 Å². The largest absolute Gasteiger partial charge is 0.468 e. The van der Waals surface area contributed by atoms with Gasteiger partial charge in [-0.15, -0.1) is 0 Å². The van der Waals surface area contributed by atoms with Crippen LogP contribution in [0, 0.1) is 5.92 Å². The quantitative estimate of drug-likeness (QED) is 0.587. The molecule has 1 aliphatic carbocycles. The fraction of sp³-hybridized carbons (Fsp3) is 0.889. The Morgan fingerprint density at radius 3 is 3.00 bits per heavy atom. The van der Waals surface area contributed by atoms with Crippen molar-refractivity contribution >= 4 is 5.97 Å². The number of hydrogen-bond donors (Lipinski definition) is 1. The summed E-state index contributed by atoms with van der Waals surface area (Å²) < 4.78 is 4.70. The summed E-state index contributed by atoms with van der Waals surface area (Å²) in [4.78, 5) is 11.2. The zero-order chi connectivity index (χ0) is 8.55. The normalized spacial score (nSPS) is 39.6. The first kappa shape index (κ1) is 8.05. The minimum atomic E-state index is -0.0931. The van der Waals surface area contributed by atoms with E-state index in [1.807, 2.05) is 0 Å². The van der Waals surface area contributed by atoms with Crippen LogP contribution in [0.5, 0.6) is 0 Å². The minimum Gasteiger partial charge on any atom is -0.468 e. The third kappa shape index (κ3) is 1.22. The van der Waals surface area contributed by atoms with Crippen molar-refractivity contribution in [1.82, 2.24) is 5.32 Å². The maximum Gasteiger partial charge on any atom is 0.322 e. The Balaban J connectivity index is 1.94. The molecule has 3 heteroatoms. The highest BCUT2D eigenvalue weighted by molar-refractivity contribution is 5.76. The zero-order valence-electron chi connectivity index (χ0n) is 7.38. The van der Waals surface area contributed by atoms with Crippen molar-refractivity contribution in [3.8, 4) is 0 Å². The molecule has 1 saturated heterocycles. The molecular formula is C9H15NO2. The number of ether oxygens (including phenoxy) is 1. The third-order valence-electron chi connectivity index (χ3n) is 3.10. The van der Waals surface area contributed by atoms with E-state index in [1.54, 1.807) is 0 Å². The lowest BCUT2D eigenvalue weighted by Crippen LogP contribution is -2.35. The number of rotatable bonds is 1. The van der Waals surface area contributed by atoms with E-state index in [0.29, 0.717) is 6.04 Å². The van der Waals surface area contributed by atoms with Crippen molar-refractivity contribution in [2.45, 2.75) is 37.8 Å². The van der Waals surface area contributed by atoms with E-state index in [-0.39, 0.29) is 12.0 Å². The monoisotopic (exact) mass is 169 g/mol. The first-order valence-corrected chi connectivity index (χ1v) is 4.65. The van der Waals surface area contributed by atoms with Gasteiger partial charge in [0.05, 0.1) is 7.11 Å². The van der Waals surface area contributed by atoms with Crippen LogP contribution in [0.1, 0.15) is 25.7 Å². The molecular weight excluding hydrogens is 154 g/mol. The fourth-order valence-corrected chi connectivity index (χ4v) is 2.47. The van der Waals surface area contributed by atoms with Gasteiger partial charge in [0.15, 0.2) is 0 Å². The van der Waals surface area contributed by atoms with Crippen LogP contribution in [0.2, 0.25) is 0 Å². The van der Waals surface area contributed by atoms with Crippen LogP contribution in [0.25, 0.3) is 0 Å². The predicted molar refractivity (Wildman–Crippen MR) is 44.7 cm³/mol. The summed E-state index contributed by atoms with van der Waals surface area (Å²) in [6.07, 6.45) is 4.82. The molecule has 3 atom stereocenters. The summed E-state index contributed by atoms with van der Waals surface area (Å²) in [6, 6.07) is 0.569. The second-order valence-electron chi connectivity index (χ2n) is 3.78. The molecule has 1 saturated carbocycles. The summed E-state index contributed by atoms with van der Waals surface area (Å²) in [5.41, 5.74) is 0. The van der Waals surface area contributed by atoms with Crippen LogP contribution in [0.15, 0.2) is 0 Å². The number of carbonyl (C=O) groups is 1. The highest BCUT2D eigenvalue weighted by atomic mass is 16.5. The minimum absolute atomic E-state index is 0.0229. The van der Waals surface area contributed by atoms with Crippen molar-refractivity contribution in [2.75, 3.05) is 7.11 Å². The molecule has 2 rings (SSSR count). The number of methoxy groups -OCH3 is 1. The van der Waals surface area contributed by atoms with Gasteiger partial charge in [-0.1, -0.05) is 6.42 Å². The van der Waals surface area contributed by atoms with E-state index in [2.05, 4.69) is 5.32 Å². The molecule has 0 aromatic heterocycles. The molecule has 2 fully saturated rings. The molecule has 3 nitrogen and oxygen atoms in total. The lowest BCUT2D eigenvalue weighted by molar-refractivity contribution is -0.142. The summed E-state index contributed by atoms with van der Waals surface area (Å²) in [6.45, 7) is 0. The summed E-state index contributed by atoms with van der Waals surface area (Å²) in [5, 5.41) is 3.33. The molecule has 0 radical (unpaired) electrons. The molecule has 1 aliphatic heterocycles. The number of nitrogens with one attached hydrogen (secondary N) is 1. The average molecular weight is 169 g/mol. The highest BCUT2D eigenvalue weighted by Crippen LogP contribution is 2.34. The molecule has 0 bridgehead atoms. The zero-order valence-corrected chi connectivity index (χ0v) is 7.38. The molecule has 1 N–H and O–H groups in total. The Labute approximate surface area is 72.5 Å². The van der Waals surface area contributed by atoms with Crippen molar-refractivity contribution in [2.24, 2.45) is 5.92 Å². The molecule has 0 spiro atoms. The van der Waals surface area contributed by atoms with Crippen molar-refractivity contribution in [1.29, 1.82) is 0 Å². The molecule has 0 unspecified atom stereocenters. The lowest BCUT2D eigenvalue weighted by Gasteiger charge is -2.09. The van der Waals surface area contributed by atoms with Crippen LogP contribution in [-0.4, -0.2) is 25.2 Å². The fourth-order valence-electron chi connectivity index (χ4n) is 2.47. The highest BCUT2D eigenvalue weighted by Gasteiger charge is 2.39. The third-order valence-corrected chi connectivity index (χ3v) is 3.10. The topological polar surface area (TPSA) is 38.3 Å². The SMILES string of the molecule is COC(=O)[C@H]1C[C@@H]2CCC[C@@H]2N1. The van der Waals surface area contributed by atoms with Crippen LogP contribution in [-0.2, 0) is 9.53 Å². The Hall–Kier alpha value is -0.570. The first-order valence-electron chi connectivity index (χ1n) is 4.65. The standard InChI is InChI=1S/C9H15NO2/c1-12-9(11)8-5-6-3-2-4-7(6)10-8/h6-8,10H,2-5H2,1H3/t6-,7-,8+/m0/s1. The van der Waals surface area contributed by atoms with Gasteiger partial charge in [0, 0.05) is 6.04 Å². The van der Waals surface area contributed by atoms with Gasteiger partial charge in [-0.2, -0.15) is 0 Å². The van der Waals surface area contributed by atoms with E-state index in [0.717, 1.165) is 12.3 Å². The van der Waals surface area contributed by atoms with Gasteiger partial charge >= 0.3 is 5.97 Å². The Bertz CT molecular complexity index is 181. The van der Waals surface area contributed by atoms with Gasteiger partial charge in [-0.3, -0.25) is 4.79 Å². The van der Waals surface area contributed by atoms with Crippen molar-refractivity contribution in [3.05, 3.63) is 0 Å². The van der Waals surface area contributed by atoms with Gasteiger partial charge in [-0.25, -0.2) is 0 Å². The Morgan fingerprint density at radius 1 is 1.50 bits per heavy atom. The van der Waals surface area contributed by atoms with Gasteiger partial charge in [0.2, 0.25) is 0 Å². The number of esters is 1. The van der Waals surface area contributed by atoms with Gasteiger partial charge in [0.1, 0.15) is 6.04 Å². The van der Waals surface area contributed by atoms with Crippen LogP contribution in [0.4, 0.5) is 0 Å². The molecule has 68 valence electrons. The summed E-state index contributed by atoms with van der Waals surface area (Å²) >= 11 is 0. The smallest absolute Gasteiger partial charge is 0.322 e. The van der Waals surface area contributed by atoms with E-state index >= 15 is 0 Å². The maximum atomic E-state index is 11.2. The van der Waals surface area contributed by atoms with E-state index in [1.165, 1.54) is 26.4 Å². The van der Waals surface area contributed by atoms with E-state index in [4.69, 9.17) is 4.74 Å². The Morgan fingerprint density at radius 2 is 2.33 bits per heavy atom. The number of carbonyl (C=O) groups excluding carboxylic acids is 1. The van der Waals surface area contributed by atoms with Crippen LogP contribution >= 0.6 is 0 Å². The summed E-state index contributed by atoms with van der Waals surface area (Å²) in [5.74, 6) is 0.637. The number of fused-ring (bicyclic) bond motifs is 1. The average Bonchev–Trinajstić information content (AvgIpc) is 2.60. The molecule has 12 heavy (non-hydrogen) atoms. The Kier molecular flexibility index (Phi) is 2.05.